The Labute approximate surface area is 108 Å². The van der Waals surface area contributed by atoms with Crippen molar-refractivity contribution in [2.75, 3.05) is 33.1 Å². The maximum atomic E-state index is 11.7. The number of hydrogen-bond donors (Lipinski definition) is 2. The van der Waals surface area contributed by atoms with Crippen molar-refractivity contribution in [2.45, 2.75) is 37.0 Å². The monoisotopic (exact) mass is 260 g/mol. The zero-order valence-electron chi connectivity index (χ0n) is 10.8. The Morgan fingerprint density at radius 3 is 2.88 bits per heavy atom. The number of nitrogens with one attached hydrogen (secondary N) is 2. The highest BCUT2D eigenvalue weighted by molar-refractivity contribution is 7.99. The summed E-state index contributed by atoms with van der Waals surface area (Å²) in [5.74, 6) is 0.104. The summed E-state index contributed by atoms with van der Waals surface area (Å²) in [6.07, 6.45) is 7.01. The first kappa shape index (κ1) is 14.8. The number of thioether (sulfide) groups is 1. The lowest BCUT2D eigenvalue weighted by molar-refractivity contribution is -0.121. The molecule has 1 saturated carbocycles. The Kier molecular flexibility index (Phi) is 7.64. The van der Waals surface area contributed by atoms with Gasteiger partial charge in [-0.1, -0.05) is 12.8 Å². The van der Waals surface area contributed by atoms with Crippen molar-refractivity contribution >= 4 is 17.7 Å². The van der Waals surface area contributed by atoms with Gasteiger partial charge in [-0.2, -0.15) is 11.8 Å². The van der Waals surface area contributed by atoms with Gasteiger partial charge in [0, 0.05) is 24.9 Å². The third-order valence-corrected chi connectivity index (χ3v) is 4.29. The maximum Gasteiger partial charge on any atom is 0.234 e. The molecule has 100 valence electrons. The molecule has 2 N–H and O–H groups in total. The van der Waals surface area contributed by atoms with E-state index in [4.69, 9.17) is 4.74 Å². The van der Waals surface area contributed by atoms with Crippen molar-refractivity contribution in [1.29, 1.82) is 0 Å². The van der Waals surface area contributed by atoms with Crippen molar-refractivity contribution in [3.8, 4) is 0 Å². The van der Waals surface area contributed by atoms with E-state index in [-0.39, 0.29) is 5.91 Å². The summed E-state index contributed by atoms with van der Waals surface area (Å²) in [5.41, 5.74) is 0. The average molecular weight is 260 g/mol. The zero-order valence-corrected chi connectivity index (χ0v) is 11.6. The predicted molar refractivity (Wildman–Crippen MR) is 72.4 cm³/mol. The molecule has 2 unspecified atom stereocenters. The fourth-order valence-electron chi connectivity index (χ4n) is 2.18. The molecule has 0 saturated heterocycles. The SMILES string of the molecule is COCCNCC(=O)NC1CCCCC1SC. The first-order valence-electron chi connectivity index (χ1n) is 6.29. The number of hydrogen-bond acceptors (Lipinski definition) is 4. The molecule has 0 aromatic carbocycles. The number of methoxy groups -OCH3 is 1. The molecule has 1 aliphatic carbocycles. The molecule has 1 fully saturated rings. The van der Waals surface area contributed by atoms with Crippen LogP contribution in [0.25, 0.3) is 0 Å². The second-order valence-electron chi connectivity index (χ2n) is 4.40. The molecular weight excluding hydrogens is 236 g/mol. The smallest absolute Gasteiger partial charge is 0.234 e. The van der Waals surface area contributed by atoms with Gasteiger partial charge in [0.25, 0.3) is 0 Å². The topological polar surface area (TPSA) is 50.4 Å². The molecule has 0 heterocycles. The molecule has 4 nitrogen and oxygen atoms in total. The van der Waals surface area contributed by atoms with E-state index in [0.717, 1.165) is 13.0 Å². The van der Waals surface area contributed by atoms with Gasteiger partial charge in [-0.3, -0.25) is 4.79 Å². The molecule has 0 spiro atoms. The molecule has 0 bridgehead atoms. The highest BCUT2D eigenvalue weighted by Crippen LogP contribution is 2.26. The molecule has 0 aliphatic heterocycles. The lowest BCUT2D eigenvalue weighted by atomic mass is 9.95. The summed E-state index contributed by atoms with van der Waals surface area (Å²) >= 11 is 1.87. The van der Waals surface area contributed by atoms with Gasteiger partial charge in [-0.15, -0.1) is 0 Å². The first-order valence-corrected chi connectivity index (χ1v) is 7.58. The fraction of sp³-hybridized carbons (Fsp3) is 0.917. The Hall–Kier alpha value is -0.260. The molecule has 0 aromatic rings. The summed E-state index contributed by atoms with van der Waals surface area (Å²) in [7, 11) is 1.66. The lowest BCUT2D eigenvalue weighted by Crippen LogP contribution is -2.46. The average Bonchev–Trinajstić information content (AvgIpc) is 2.35. The van der Waals surface area contributed by atoms with E-state index in [1.165, 1.54) is 19.3 Å². The summed E-state index contributed by atoms with van der Waals surface area (Å²) in [4.78, 5) is 11.7. The second-order valence-corrected chi connectivity index (χ2v) is 5.48. The Bertz CT molecular complexity index is 227. The van der Waals surface area contributed by atoms with E-state index in [2.05, 4.69) is 16.9 Å². The molecule has 1 aliphatic rings. The second kappa shape index (κ2) is 8.78. The number of amides is 1. The van der Waals surface area contributed by atoms with Crippen molar-refractivity contribution < 1.29 is 9.53 Å². The molecule has 17 heavy (non-hydrogen) atoms. The van der Waals surface area contributed by atoms with Crippen LogP contribution in [0.1, 0.15) is 25.7 Å². The first-order chi connectivity index (χ1) is 8.27. The van der Waals surface area contributed by atoms with Crippen LogP contribution in [0.15, 0.2) is 0 Å². The van der Waals surface area contributed by atoms with Crippen LogP contribution in [-0.2, 0) is 9.53 Å². The summed E-state index contributed by atoms with van der Waals surface area (Å²) in [5, 5.41) is 6.79. The quantitative estimate of drug-likeness (QED) is 0.671. The Morgan fingerprint density at radius 2 is 2.18 bits per heavy atom. The minimum absolute atomic E-state index is 0.104. The number of carbonyl (C=O) groups excluding carboxylic acids is 1. The number of ether oxygens (including phenoxy) is 1. The third kappa shape index (κ3) is 5.75. The third-order valence-electron chi connectivity index (χ3n) is 3.12. The van der Waals surface area contributed by atoms with E-state index in [1.54, 1.807) is 7.11 Å². The van der Waals surface area contributed by atoms with E-state index >= 15 is 0 Å². The van der Waals surface area contributed by atoms with Gasteiger partial charge in [0.05, 0.1) is 13.2 Å². The summed E-state index contributed by atoms with van der Waals surface area (Å²) in [6, 6.07) is 0.357. The van der Waals surface area contributed by atoms with Gasteiger partial charge in [-0.05, 0) is 19.1 Å². The van der Waals surface area contributed by atoms with Gasteiger partial charge in [0.15, 0.2) is 0 Å². The molecule has 5 heteroatoms. The summed E-state index contributed by atoms with van der Waals surface area (Å²) in [6.45, 7) is 1.76. The highest BCUT2D eigenvalue weighted by atomic mass is 32.2. The van der Waals surface area contributed by atoms with E-state index in [1.807, 2.05) is 11.8 Å². The minimum Gasteiger partial charge on any atom is -0.383 e. The van der Waals surface area contributed by atoms with Gasteiger partial charge < -0.3 is 15.4 Å². The van der Waals surface area contributed by atoms with Gasteiger partial charge in [-0.25, -0.2) is 0 Å². The standard InChI is InChI=1S/C12H24N2O2S/c1-16-8-7-13-9-12(15)14-10-5-3-4-6-11(10)17-2/h10-11,13H,3-9H2,1-2H3,(H,14,15). The molecular formula is C12H24N2O2S. The highest BCUT2D eigenvalue weighted by Gasteiger charge is 2.25. The van der Waals surface area contributed by atoms with Crippen LogP contribution in [0.5, 0.6) is 0 Å². The van der Waals surface area contributed by atoms with E-state index < -0.39 is 0 Å². The van der Waals surface area contributed by atoms with Crippen LogP contribution in [-0.4, -0.2) is 50.3 Å². The van der Waals surface area contributed by atoms with Crippen LogP contribution in [0, 0.1) is 0 Å². The fourth-order valence-corrected chi connectivity index (χ4v) is 3.11. The summed E-state index contributed by atoms with van der Waals surface area (Å²) < 4.78 is 4.91. The van der Waals surface area contributed by atoms with Gasteiger partial charge in [0.2, 0.25) is 5.91 Å². The van der Waals surface area contributed by atoms with E-state index in [0.29, 0.717) is 24.4 Å². The van der Waals surface area contributed by atoms with Gasteiger partial charge >= 0.3 is 0 Å². The molecule has 2 atom stereocenters. The van der Waals surface area contributed by atoms with Crippen LogP contribution in [0.3, 0.4) is 0 Å². The number of carbonyl (C=O) groups is 1. The Morgan fingerprint density at radius 1 is 1.41 bits per heavy atom. The lowest BCUT2D eigenvalue weighted by Gasteiger charge is -2.30. The molecule has 0 aromatic heterocycles. The van der Waals surface area contributed by atoms with Crippen LogP contribution >= 0.6 is 11.8 Å². The largest absolute Gasteiger partial charge is 0.383 e. The van der Waals surface area contributed by atoms with Crippen molar-refractivity contribution in [2.24, 2.45) is 0 Å². The number of rotatable bonds is 7. The normalized spacial score (nSPS) is 24.6. The van der Waals surface area contributed by atoms with Gasteiger partial charge in [0.1, 0.15) is 0 Å². The molecule has 0 radical (unpaired) electrons. The predicted octanol–water partition coefficient (Wildman–Crippen LogP) is 1.01. The van der Waals surface area contributed by atoms with E-state index in [9.17, 15) is 4.79 Å². The zero-order chi connectivity index (χ0) is 12.5. The van der Waals surface area contributed by atoms with Crippen molar-refractivity contribution in [3.05, 3.63) is 0 Å². The maximum absolute atomic E-state index is 11.7. The molecule has 1 rings (SSSR count). The van der Waals surface area contributed by atoms with Crippen molar-refractivity contribution in [3.63, 3.8) is 0 Å². The molecule has 1 amide bonds. The van der Waals surface area contributed by atoms with Crippen molar-refractivity contribution in [1.82, 2.24) is 10.6 Å². The van der Waals surface area contributed by atoms with Crippen LogP contribution in [0.2, 0.25) is 0 Å². The Balaban J connectivity index is 2.19. The minimum atomic E-state index is 0.104. The van der Waals surface area contributed by atoms with Crippen LogP contribution < -0.4 is 10.6 Å². The van der Waals surface area contributed by atoms with Crippen LogP contribution in [0.4, 0.5) is 0 Å².